The van der Waals surface area contributed by atoms with Crippen molar-refractivity contribution < 1.29 is 0 Å². The van der Waals surface area contributed by atoms with Gasteiger partial charge in [0, 0.05) is 18.1 Å². The first kappa shape index (κ1) is 11.1. The minimum Gasteiger partial charge on any atom is -0.281 e. The van der Waals surface area contributed by atoms with Crippen molar-refractivity contribution in [1.29, 1.82) is 0 Å². The van der Waals surface area contributed by atoms with Crippen molar-refractivity contribution in [2.75, 3.05) is 0 Å². The topological polar surface area (TPSA) is 12.4 Å². The van der Waals surface area contributed by atoms with Crippen molar-refractivity contribution in [3.63, 3.8) is 0 Å². The Morgan fingerprint density at radius 2 is 2.00 bits per heavy atom. The van der Waals surface area contributed by atoms with Gasteiger partial charge in [-0.25, -0.2) is 0 Å². The Balaban J connectivity index is 1.65. The molecule has 0 radical (unpaired) electrons. The average molecular weight is 261 g/mol. The van der Waals surface area contributed by atoms with Gasteiger partial charge < -0.3 is 0 Å². The maximum absolute atomic E-state index is 5.09. The van der Waals surface area contributed by atoms with E-state index in [0.717, 1.165) is 12.3 Å². The molecule has 1 heteroatoms. The molecule has 0 saturated heterocycles. The maximum Gasteiger partial charge on any atom is 0.0971 e. The molecule has 4 aliphatic rings. The number of benzene rings is 1. The zero-order chi connectivity index (χ0) is 13.1. The van der Waals surface area contributed by atoms with Crippen LogP contribution in [0, 0.1) is 11.8 Å². The monoisotopic (exact) mass is 261 g/mol. The molecule has 0 aromatic heterocycles. The lowest BCUT2D eigenvalue weighted by Crippen LogP contribution is -2.28. The minimum atomic E-state index is 0.333. The Morgan fingerprint density at radius 1 is 1.05 bits per heavy atom. The Bertz CT molecular complexity index is 677. The molecule has 20 heavy (non-hydrogen) atoms. The second kappa shape index (κ2) is 3.94. The highest BCUT2D eigenvalue weighted by Gasteiger charge is 2.44. The molecule has 1 aromatic rings. The number of hydrogen-bond donors (Lipinski definition) is 0. The van der Waals surface area contributed by atoms with Crippen LogP contribution in [0.5, 0.6) is 0 Å². The van der Waals surface area contributed by atoms with E-state index < -0.39 is 0 Å². The fourth-order valence-electron chi connectivity index (χ4n) is 4.76. The van der Waals surface area contributed by atoms with E-state index in [4.69, 9.17) is 4.99 Å². The third-order valence-electron chi connectivity index (χ3n) is 5.65. The van der Waals surface area contributed by atoms with E-state index in [9.17, 15) is 0 Å². The summed E-state index contributed by atoms with van der Waals surface area (Å²) in [7, 11) is 0. The summed E-state index contributed by atoms with van der Waals surface area (Å²) in [6, 6.07) is 9.25. The number of nitrogens with zero attached hydrogens (tertiary/aromatic N) is 1. The van der Waals surface area contributed by atoms with Gasteiger partial charge in [-0.3, -0.25) is 4.99 Å². The van der Waals surface area contributed by atoms with Gasteiger partial charge in [-0.05, 0) is 41.9 Å². The molecule has 2 bridgehead atoms. The standard InChI is InChI=1S/C19H19N/c1-3-7-14-12(5-1)9-10-16-18(14)17-11-13-6-2-4-8-15(13)19(16)20-17/h2,4,6,8-10,14,18-19H,1,3,5,7,11H2. The van der Waals surface area contributed by atoms with E-state index >= 15 is 0 Å². The molecule has 1 saturated carbocycles. The summed E-state index contributed by atoms with van der Waals surface area (Å²) in [5, 5.41) is 0. The summed E-state index contributed by atoms with van der Waals surface area (Å²) in [6.07, 6.45) is 11.4. The molecular formula is C19H19N. The van der Waals surface area contributed by atoms with E-state index in [1.165, 1.54) is 42.5 Å². The van der Waals surface area contributed by atoms with Crippen molar-refractivity contribution in [2.45, 2.75) is 38.1 Å². The lowest BCUT2D eigenvalue weighted by atomic mass is 9.69. The van der Waals surface area contributed by atoms with Gasteiger partial charge in [-0.1, -0.05) is 48.4 Å². The van der Waals surface area contributed by atoms with Gasteiger partial charge in [0.25, 0.3) is 0 Å². The Morgan fingerprint density at radius 3 is 3.00 bits per heavy atom. The molecule has 1 aromatic carbocycles. The zero-order valence-corrected chi connectivity index (χ0v) is 11.7. The highest BCUT2D eigenvalue weighted by molar-refractivity contribution is 5.97. The number of allylic oxidation sites excluding steroid dienone is 3. The highest BCUT2D eigenvalue weighted by atomic mass is 14.9. The fraction of sp³-hybridized carbons (Fsp3) is 0.421. The molecule has 2 aliphatic carbocycles. The number of hydrogen-bond acceptors (Lipinski definition) is 1. The average Bonchev–Trinajstić information content (AvgIpc) is 2.82. The summed E-state index contributed by atoms with van der Waals surface area (Å²) in [5.74, 6) is 1.40. The van der Waals surface area contributed by atoms with Crippen LogP contribution >= 0.6 is 0 Å². The van der Waals surface area contributed by atoms with Gasteiger partial charge in [0.15, 0.2) is 0 Å². The quantitative estimate of drug-likeness (QED) is 0.656. The molecule has 0 N–H and O–H groups in total. The van der Waals surface area contributed by atoms with Crippen LogP contribution in [-0.2, 0) is 6.42 Å². The van der Waals surface area contributed by atoms with Crippen LogP contribution in [0.1, 0.15) is 42.9 Å². The smallest absolute Gasteiger partial charge is 0.0971 e. The van der Waals surface area contributed by atoms with Crippen LogP contribution in [0.2, 0.25) is 0 Å². The van der Waals surface area contributed by atoms with Crippen molar-refractivity contribution in [1.82, 2.24) is 0 Å². The van der Waals surface area contributed by atoms with E-state index in [-0.39, 0.29) is 0 Å². The second-order valence-electron chi connectivity index (χ2n) is 6.64. The fourth-order valence-corrected chi connectivity index (χ4v) is 4.76. The minimum absolute atomic E-state index is 0.333. The van der Waals surface area contributed by atoms with Crippen molar-refractivity contribution >= 4 is 5.71 Å². The summed E-state index contributed by atoms with van der Waals surface area (Å²) in [6.45, 7) is 0. The van der Waals surface area contributed by atoms with Gasteiger partial charge in [0.2, 0.25) is 0 Å². The van der Waals surface area contributed by atoms with Gasteiger partial charge in [-0.2, -0.15) is 0 Å². The molecule has 2 heterocycles. The molecule has 100 valence electrons. The predicted octanol–water partition coefficient (Wildman–Crippen LogP) is 4.41. The number of rotatable bonds is 0. The lowest BCUT2D eigenvalue weighted by Gasteiger charge is -2.34. The Hall–Kier alpha value is -1.63. The normalized spacial score (nSPS) is 33.4. The van der Waals surface area contributed by atoms with Crippen LogP contribution in [0.25, 0.3) is 0 Å². The Kier molecular flexibility index (Phi) is 2.18. The first-order chi connectivity index (χ1) is 9.92. The first-order valence-corrected chi connectivity index (χ1v) is 7.97. The highest BCUT2D eigenvalue weighted by Crippen LogP contribution is 2.52. The van der Waals surface area contributed by atoms with E-state index in [1.54, 1.807) is 11.1 Å². The van der Waals surface area contributed by atoms with Gasteiger partial charge >= 0.3 is 0 Å². The second-order valence-corrected chi connectivity index (χ2v) is 6.64. The maximum atomic E-state index is 5.09. The third-order valence-corrected chi connectivity index (χ3v) is 5.65. The van der Waals surface area contributed by atoms with Gasteiger partial charge in [0.05, 0.1) is 6.04 Å². The van der Waals surface area contributed by atoms with Crippen LogP contribution in [0.4, 0.5) is 0 Å². The van der Waals surface area contributed by atoms with Crippen LogP contribution in [-0.4, -0.2) is 5.71 Å². The molecular weight excluding hydrogens is 242 g/mol. The van der Waals surface area contributed by atoms with E-state index in [0.29, 0.717) is 12.0 Å². The largest absolute Gasteiger partial charge is 0.281 e. The van der Waals surface area contributed by atoms with E-state index in [1.807, 2.05) is 0 Å². The summed E-state index contributed by atoms with van der Waals surface area (Å²) < 4.78 is 0. The predicted molar refractivity (Wildman–Crippen MR) is 81.9 cm³/mol. The summed E-state index contributed by atoms with van der Waals surface area (Å²) in [4.78, 5) is 5.09. The van der Waals surface area contributed by atoms with Crippen LogP contribution < -0.4 is 0 Å². The van der Waals surface area contributed by atoms with Crippen molar-refractivity contribution in [3.05, 3.63) is 58.7 Å². The zero-order valence-electron chi connectivity index (χ0n) is 11.7. The molecule has 5 rings (SSSR count). The van der Waals surface area contributed by atoms with Crippen LogP contribution in [0.3, 0.4) is 0 Å². The van der Waals surface area contributed by atoms with Gasteiger partial charge in [-0.15, -0.1) is 0 Å². The first-order valence-electron chi connectivity index (χ1n) is 7.97. The molecule has 0 spiro atoms. The summed E-state index contributed by atoms with van der Waals surface area (Å²) in [5.41, 5.74) is 7.72. The van der Waals surface area contributed by atoms with Crippen molar-refractivity contribution in [2.24, 2.45) is 16.8 Å². The molecule has 2 aliphatic heterocycles. The molecule has 1 fully saturated rings. The molecule has 1 nitrogen and oxygen atoms in total. The van der Waals surface area contributed by atoms with Crippen LogP contribution in [0.15, 0.2) is 52.6 Å². The van der Waals surface area contributed by atoms with E-state index in [2.05, 4.69) is 36.4 Å². The molecule has 3 unspecified atom stereocenters. The number of aliphatic imine (C=N–C) groups is 1. The third kappa shape index (κ3) is 1.36. The lowest BCUT2D eigenvalue weighted by molar-refractivity contribution is 0.403. The number of fused-ring (bicyclic) bond motifs is 8. The van der Waals surface area contributed by atoms with Crippen molar-refractivity contribution in [3.8, 4) is 0 Å². The SMILES string of the molecule is C1=C2CCCCC2C2C(=C1)C1N=C2Cc2ccccc21. The molecule has 3 atom stereocenters. The van der Waals surface area contributed by atoms with Gasteiger partial charge in [0.1, 0.15) is 0 Å². The molecule has 0 amide bonds. The Labute approximate surface area is 120 Å². The summed E-state index contributed by atoms with van der Waals surface area (Å²) >= 11 is 0.